The molecule has 0 fully saturated rings. The maximum Gasteiger partial charge on any atom is 0.129 e. The van der Waals surface area contributed by atoms with E-state index in [2.05, 4.69) is 28.7 Å². The van der Waals surface area contributed by atoms with Gasteiger partial charge < -0.3 is 11.1 Å². The van der Waals surface area contributed by atoms with Gasteiger partial charge in [-0.1, -0.05) is 0 Å². The van der Waals surface area contributed by atoms with Gasteiger partial charge in [-0.25, -0.2) is 4.98 Å². The van der Waals surface area contributed by atoms with Crippen molar-refractivity contribution in [2.75, 3.05) is 11.1 Å². The Balaban J connectivity index is 2.08. The molecule has 0 radical (unpaired) electrons. The third kappa shape index (κ3) is 2.33. The number of nitrogens with zero attached hydrogens (tertiary/aromatic N) is 1. The van der Waals surface area contributed by atoms with Gasteiger partial charge in [0.2, 0.25) is 0 Å². The first kappa shape index (κ1) is 11.0. The van der Waals surface area contributed by atoms with Gasteiger partial charge in [0.1, 0.15) is 5.82 Å². The molecule has 0 amide bonds. The molecule has 0 aliphatic heterocycles. The summed E-state index contributed by atoms with van der Waals surface area (Å²) in [7, 11) is 0. The van der Waals surface area contributed by atoms with Crippen LogP contribution in [0.25, 0.3) is 0 Å². The zero-order chi connectivity index (χ0) is 11.5. The summed E-state index contributed by atoms with van der Waals surface area (Å²) in [4.78, 5) is 5.62. The van der Waals surface area contributed by atoms with Crippen LogP contribution in [-0.2, 0) is 6.54 Å². The van der Waals surface area contributed by atoms with E-state index in [9.17, 15) is 0 Å². The number of anilines is 2. The summed E-state index contributed by atoms with van der Waals surface area (Å²) >= 11 is 1.76. The molecule has 2 heterocycles. The van der Waals surface area contributed by atoms with Crippen LogP contribution >= 0.6 is 11.3 Å². The van der Waals surface area contributed by atoms with Crippen LogP contribution in [0.2, 0.25) is 0 Å². The van der Waals surface area contributed by atoms with E-state index in [-0.39, 0.29) is 0 Å². The molecule has 0 aliphatic rings. The molecule has 0 saturated heterocycles. The van der Waals surface area contributed by atoms with Crippen molar-refractivity contribution >= 4 is 22.8 Å². The number of thiophene rings is 1. The number of aromatic nitrogens is 1. The number of hydrogen-bond donors (Lipinski definition) is 2. The molecule has 2 aromatic heterocycles. The topological polar surface area (TPSA) is 50.9 Å². The van der Waals surface area contributed by atoms with Crippen LogP contribution in [0.3, 0.4) is 0 Å². The zero-order valence-electron chi connectivity index (χ0n) is 9.45. The summed E-state index contributed by atoms with van der Waals surface area (Å²) in [6, 6.07) is 4.06. The zero-order valence-corrected chi connectivity index (χ0v) is 10.3. The molecule has 3 N–H and O–H groups in total. The second-order valence-electron chi connectivity index (χ2n) is 3.81. The van der Waals surface area contributed by atoms with Gasteiger partial charge in [-0.15, -0.1) is 11.3 Å². The van der Waals surface area contributed by atoms with Crippen molar-refractivity contribution in [3.63, 3.8) is 0 Å². The van der Waals surface area contributed by atoms with E-state index in [0.29, 0.717) is 5.69 Å². The molecule has 0 saturated carbocycles. The average molecular weight is 233 g/mol. The molecule has 0 spiro atoms. The highest BCUT2D eigenvalue weighted by atomic mass is 32.1. The van der Waals surface area contributed by atoms with Crippen molar-refractivity contribution < 1.29 is 0 Å². The maximum absolute atomic E-state index is 5.65. The van der Waals surface area contributed by atoms with Crippen molar-refractivity contribution in [3.05, 3.63) is 39.7 Å². The van der Waals surface area contributed by atoms with Crippen molar-refractivity contribution in [2.24, 2.45) is 0 Å². The first-order valence-electron chi connectivity index (χ1n) is 5.16. The molecule has 0 aliphatic carbocycles. The summed E-state index contributed by atoms with van der Waals surface area (Å²) in [6.07, 6.45) is 1.68. The smallest absolute Gasteiger partial charge is 0.129 e. The van der Waals surface area contributed by atoms with Crippen LogP contribution in [0, 0.1) is 13.8 Å². The molecule has 4 heteroatoms. The lowest BCUT2D eigenvalue weighted by Gasteiger charge is -2.08. The first-order valence-corrected chi connectivity index (χ1v) is 6.04. The third-order valence-electron chi connectivity index (χ3n) is 2.48. The van der Waals surface area contributed by atoms with Gasteiger partial charge in [0, 0.05) is 4.88 Å². The average Bonchev–Trinajstić information content (AvgIpc) is 2.63. The maximum atomic E-state index is 5.65. The number of aryl methyl sites for hydroxylation is 2. The second-order valence-corrected chi connectivity index (χ2v) is 4.82. The number of rotatable bonds is 3. The highest BCUT2D eigenvalue weighted by molar-refractivity contribution is 7.10. The minimum absolute atomic E-state index is 0.704. The van der Waals surface area contributed by atoms with Crippen molar-refractivity contribution in [1.82, 2.24) is 4.98 Å². The van der Waals surface area contributed by atoms with Gasteiger partial charge in [-0.3, -0.25) is 0 Å². The largest absolute Gasteiger partial charge is 0.397 e. The minimum atomic E-state index is 0.704. The summed E-state index contributed by atoms with van der Waals surface area (Å²) in [6.45, 7) is 4.95. The van der Waals surface area contributed by atoms with E-state index < -0.39 is 0 Å². The molecular formula is C12H15N3S. The fourth-order valence-corrected chi connectivity index (χ4v) is 2.38. The fraction of sp³-hybridized carbons (Fsp3) is 0.250. The standard InChI is InChI=1S/C12H15N3S/c1-8-3-4-16-11(8)7-15-12-9(2)5-10(13)6-14-12/h3-6H,7,13H2,1-2H3,(H,14,15). The lowest BCUT2D eigenvalue weighted by atomic mass is 10.2. The summed E-state index contributed by atoms with van der Waals surface area (Å²) in [5, 5.41) is 5.43. The number of hydrogen-bond acceptors (Lipinski definition) is 4. The van der Waals surface area contributed by atoms with E-state index in [1.165, 1.54) is 10.4 Å². The quantitative estimate of drug-likeness (QED) is 0.857. The van der Waals surface area contributed by atoms with Crippen LogP contribution in [0.4, 0.5) is 11.5 Å². The van der Waals surface area contributed by atoms with E-state index in [1.807, 2.05) is 13.0 Å². The number of pyridine rings is 1. The SMILES string of the molecule is Cc1cc(N)cnc1NCc1sccc1C. The Morgan fingerprint density at radius 3 is 2.81 bits per heavy atom. The Bertz CT molecular complexity index is 491. The molecule has 0 bridgehead atoms. The highest BCUT2D eigenvalue weighted by Gasteiger charge is 2.02. The molecule has 2 rings (SSSR count). The molecule has 0 atom stereocenters. The van der Waals surface area contributed by atoms with Crippen molar-refractivity contribution in [1.29, 1.82) is 0 Å². The molecule has 2 aromatic rings. The van der Waals surface area contributed by atoms with Gasteiger partial charge >= 0.3 is 0 Å². The van der Waals surface area contributed by atoms with Crippen LogP contribution in [0.15, 0.2) is 23.7 Å². The lowest BCUT2D eigenvalue weighted by Crippen LogP contribution is -2.03. The van der Waals surface area contributed by atoms with Crippen LogP contribution < -0.4 is 11.1 Å². The Morgan fingerprint density at radius 2 is 2.19 bits per heavy atom. The second kappa shape index (κ2) is 4.53. The van der Waals surface area contributed by atoms with E-state index in [0.717, 1.165) is 17.9 Å². The Kier molecular flexibility index (Phi) is 3.10. The monoisotopic (exact) mass is 233 g/mol. The van der Waals surface area contributed by atoms with Crippen LogP contribution in [0.1, 0.15) is 16.0 Å². The molecule has 0 aromatic carbocycles. The number of nitrogens with one attached hydrogen (secondary N) is 1. The highest BCUT2D eigenvalue weighted by Crippen LogP contribution is 2.19. The normalized spacial score (nSPS) is 10.4. The number of nitrogen functional groups attached to an aromatic ring is 1. The van der Waals surface area contributed by atoms with Crippen molar-refractivity contribution in [3.8, 4) is 0 Å². The van der Waals surface area contributed by atoms with E-state index in [1.54, 1.807) is 17.5 Å². The van der Waals surface area contributed by atoms with Gasteiger partial charge in [0.05, 0.1) is 18.4 Å². The van der Waals surface area contributed by atoms with Gasteiger partial charge in [0.15, 0.2) is 0 Å². The first-order chi connectivity index (χ1) is 7.66. The predicted octanol–water partition coefficient (Wildman–Crippen LogP) is 2.95. The Labute approximate surface area is 99.3 Å². The molecule has 16 heavy (non-hydrogen) atoms. The van der Waals surface area contributed by atoms with Crippen LogP contribution in [-0.4, -0.2) is 4.98 Å². The van der Waals surface area contributed by atoms with Gasteiger partial charge in [-0.05, 0) is 42.5 Å². The summed E-state index contributed by atoms with van der Waals surface area (Å²) < 4.78 is 0. The van der Waals surface area contributed by atoms with Gasteiger partial charge in [0.25, 0.3) is 0 Å². The van der Waals surface area contributed by atoms with E-state index >= 15 is 0 Å². The van der Waals surface area contributed by atoms with Crippen LogP contribution in [0.5, 0.6) is 0 Å². The molecule has 0 unspecified atom stereocenters. The Hall–Kier alpha value is -1.55. The third-order valence-corrected chi connectivity index (χ3v) is 3.51. The molecule has 3 nitrogen and oxygen atoms in total. The van der Waals surface area contributed by atoms with Crippen molar-refractivity contribution in [2.45, 2.75) is 20.4 Å². The van der Waals surface area contributed by atoms with Gasteiger partial charge in [-0.2, -0.15) is 0 Å². The number of nitrogens with two attached hydrogens (primary N) is 1. The summed E-state index contributed by atoms with van der Waals surface area (Å²) in [5.74, 6) is 0.905. The Morgan fingerprint density at radius 1 is 1.38 bits per heavy atom. The predicted molar refractivity (Wildman–Crippen MR) is 69.8 cm³/mol. The lowest BCUT2D eigenvalue weighted by molar-refractivity contribution is 1.11. The molecular weight excluding hydrogens is 218 g/mol. The molecule has 84 valence electrons. The minimum Gasteiger partial charge on any atom is -0.397 e. The summed E-state index contributed by atoms with van der Waals surface area (Å²) in [5.41, 5.74) is 8.76. The van der Waals surface area contributed by atoms with E-state index in [4.69, 9.17) is 5.73 Å². The fourth-order valence-electron chi connectivity index (χ4n) is 1.53.